The van der Waals surface area contributed by atoms with E-state index in [1.165, 1.54) is 148 Å². The zero-order valence-corrected chi connectivity index (χ0v) is 34.7. The Morgan fingerprint density at radius 1 is 0.440 bits per heavy atom. The van der Waals surface area contributed by atoms with E-state index in [1.54, 1.807) is 0 Å². The molecule has 0 N–H and O–H groups in total. The van der Waals surface area contributed by atoms with Gasteiger partial charge in [0.05, 0.1) is 6.61 Å². The molecule has 0 aromatic carbocycles. The van der Waals surface area contributed by atoms with E-state index >= 15 is 0 Å². The molecule has 5 nitrogen and oxygen atoms in total. The van der Waals surface area contributed by atoms with Gasteiger partial charge in [0.25, 0.3) is 0 Å². The van der Waals surface area contributed by atoms with Gasteiger partial charge in [0.15, 0.2) is 0 Å². The molecule has 50 heavy (non-hydrogen) atoms. The zero-order chi connectivity index (χ0) is 36.8. The van der Waals surface area contributed by atoms with E-state index < -0.39 is 0 Å². The number of carbonyl (C=O) groups excluding carboxylic acids is 2. The van der Waals surface area contributed by atoms with Crippen LogP contribution < -0.4 is 0 Å². The van der Waals surface area contributed by atoms with Crippen molar-refractivity contribution in [2.75, 3.05) is 26.2 Å². The largest absolute Gasteiger partial charge is 0.466 e. The number of hydrogen-bond donors (Lipinski definition) is 0. The van der Waals surface area contributed by atoms with Crippen LogP contribution in [-0.4, -0.2) is 49.2 Å². The molecule has 0 radical (unpaired) electrons. The second-order valence-corrected chi connectivity index (χ2v) is 15.9. The molecule has 0 spiro atoms. The lowest BCUT2D eigenvalue weighted by molar-refractivity contribution is -0.150. The molecule has 0 saturated carbocycles. The maximum absolute atomic E-state index is 12.8. The first-order valence-electron chi connectivity index (χ1n) is 22.5. The summed E-state index contributed by atoms with van der Waals surface area (Å²) >= 11 is 0. The van der Waals surface area contributed by atoms with Crippen LogP contribution in [-0.2, 0) is 19.1 Å². The Labute approximate surface area is 313 Å². The molecule has 0 saturated heterocycles. The first-order valence-corrected chi connectivity index (χ1v) is 22.5. The van der Waals surface area contributed by atoms with E-state index in [9.17, 15) is 9.59 Å². The Balaban J connectivity index is 4.19. The van der Waals surface area contributed by atoms with Crippen molar-refractivity contribution in [3.8, 4) is 0 Å². The Morgan fingerprint density at radius 2 is 0.840 bits per heavy atom. The number of hydrogen-bond acceptors (Lipinski definition) is 5. The lowest BCUT2D eigenvalue weighted by atomic mass is 10.0. The van der Waals surface area contributed by atoms with Gasteiger partial charge in [-0.3, -0.25) is 9.59 Å². The molecule has 0 atom stereocenters. The van der Waals surface area contributed by atoms with Crippen molar-refractivity contribution >= 4 is 11.9 Å². The van der Waals surface area contributed by atoms with Crippen molar-refractivity contribution in [2.45, 2.75) is 246 Å². The fourth-order valence-corrected chi connectivity index (χ4v) is 6.82. The van der Waals surface area contributed by atoms with Crippen LogP contribution in [0.15, 0.2) is 0 Å². The summed E-state index contributed by atoms with van der Waals surface area (Å²) < 4.78 is 11.5. The maximum Gasteiger partial charge on any atom is 0.306 e. The number of carbonyl (C=O) groups is 2. The summed E-state index contributed by atoms with van der Waals surface area (Å²) in [4.78, 5) is 27.5. The second-order valence-electron chi connectivity index (χ2n) is 15.9. The predicted octanol–water partition coefficient (Wildman–Crippen LogP) is 13.9. The molecule has 0 aliphatic heterocycles. The van der Waals surface area contributed by atoms with E-state index in [4.69, 9.17) is 9.47 Å². The highest BCUT2D eigenvalue weighted by Gasteiger charge is 2.15. The Hall–Kier alpha value is -1.10. The lowest BCUT2D eigenvalue weighted by Crippen LogP contribution is -2.28. The summed E-state index contributed by atoms with van der Waals surface area (Å²) in [7, 11) is 0. The fourth-order valence-electron chi connectivity index (χ4n) is 6.82. The van der Waals surface area contributed by atoms with Gasteiger partial charge in [-0.2, -0.15) is 0 Å². The molecule has 0 aliphatic rings. The van der Waals surface area contributed by atoms with Crippen molar-refractivity contribution in [3.05, 3.63) is 0 Å². The van der Waals surface area contributed by atoms with E-state index in [0.717, 1.165) is 70.4 Å². The smallest absolute Gasteiger partial charge is 0.306 e. The highest BCUT2D eigenvalue weighted by Crippen LogP contribution is 2.18. The van der Waals surface area contributed by atoms with Gasteiger partial charge in [-0.15, -0.1) is 0 Å². The van der Waals surface area contributed by atoms with Gasteiger partial charge in [0, 0.05) is 12.8 Å². The summed E-state index contributed by atoms with van der Waals surface area (Å²) in [5.74, 6) is 0.744. The normalized spacial score (nSPS) is 11.7. The SMILES string of the molecule is CCCCCCCCCOC(=O)CCCCCCCN(CCCCCC(=O)OC(CCCCCCCC)CCCCCCCC)CCC(C)C. The quantitative estimate of drug-likeness (QED) is 0.0469. The summed E-state index contributed by atoms with van der Waals surface area (Å²) in [6.07, 6.45) is 37.8. The minimum absolute atomic E-state index is 0.00902. The molecule has 0 rings (SSSR count). The molecule has 0 aromatic heterocycles. The molecule has 0 bridgehead atoms. The highest BCUT2D eigenvalue weighted by molar-refractivity contribution is 5.69. The van der Waals surface area contributed by atoms with Gasteiger partial charge in [-0.1, -0.05) is 163 Å². The van der Waals surface area contributed by atoms with Crippen LogP contribution >= 0.6 is 0 Å². The summed E-state index contributed by atoms with van der Waals surface area (Å²) in [5.41, 5.74) is 0. The maximum atomic E-state index is 12.8. The monoisotopic (exact) mass is 708 g/mol. The van der Waals surface area contributed by atoms with Gasteiger partial charge in [0.2, 0.25) is 0 Å². The van der Waals surface area contributed by atoms with Gasteiger partial charge >= 0.3 is 11.9 Å². The molecule has 5 heteroatoms. The van der Waals surface area contributed by atoms with E-state index in [0.29, 0.717) is 19.4 Å². The Morgan fingerprint density at radius 3 is 1.34 bits per heavy atom. The topological polar surface area (TPSA) is 55.8 Å². The third kappa shape index (κ3) is 36.7. The van der Waals surface area contributed by atoms with Crippen LogP contribution in [0.1, 0.15) is 240 Å². The Bertz CT molecular complexity index is 695. The van der Waals surface area contributed by atoms with Crippen molar-refractivity contribution in [2.24, 2.45) is 5.92 Å². The molecule has 0 heterocycles. The molecule has 0 aliphatic carbocycles. The average Bonchev–Trinajstić information content (AvgIpc) is 3.10. The molecule has 0 unspecified atom stereocenters. The van der Waals surface area contributed by atoms with Gasteiger partial charge in [0.1, 0.15) is 6.10 Å². The molecule has 0 aromatic rings. The van der Waals surface area contributed by atoms with Gasteiger partial charge in [-0.25, -0.2) is 0 Å². The first kappa shape index (κ1) is 48.9. The minimum Gasteiger partial charge on any atom is -0.466 e. The van der Waals surface area contributed by atoms with Crippen LogP contribution in [0.3, 0.4) is 0 Å². The van der Waals surface area contributed by atoms with E-state index in [1.807, 2.05) is 0 Å². The molecular weight excluding hydrogens is 618 g/mol. The fraction of sp³-hybridized carbons (Fsp3) is 0.956. The van der Waals surface area contributed by atoms with Crippen LogP contribution in [0.2, 0.25) is 0 Å². The van der Waals surface area contributed by atoms with Crippen LogP contribution in [0, 0.1) is 5.92 Å². The lowest BCUT2D eigenvalue weighted by Gasteiger charge is -2.23. The standard InChI is InChI=1S/C45H89NO4/c1-6-9-12-15-18-24-32-41-49-44(47)35-28-22-19-23-30-38-46(40-37-42(4)5)39-31-25-29-36-45(48)50-43(33-26-20-16-13-10-7-2)34-27-21-17-14-11-8-3/h42-43H,6-41H2,1-5H3. The molecule has 298 valence electrons. The first-order chi connectivity index (χ1) is 24.4. The van der Waals surface area contributed by atoms with Gasteiger partial charge in [-0.05, 0) is 89.8 Å². The van der Waals surface area contributed by atoms with E-state index in [2.05, 4.69) is 39.5 Å². The zero-order valence-electron chi connectivity index (χ0n) is 34.7. The highest BCUT2D eigenvalue weighted by atomic mass is 16.5. The predicted molar refractivity (Wildman–Crippen MR) is 217 cm³/mol. The summed E-state index contributed by atoms with van der Waals surface area (Å²) in [6.45, 7) is 15.5. The van der Waals surface area contributed by atoms with Crippen LogP contribution in [0.25, 0.3) is 0 Å². The summed E-state index contributed by atoms with van der Waals surface area (Å²) in [5, 5.41) is 0. The number of rotatable bonds is 40. The van der Waals surface area contributed by atoms with Crippen molar-refractivity contribution < 1.29 is 19.1 Å². The minimum atomic E-state index is -0.00902. The summed E-state index contributed by atoms with van der Waals surface area (Å²) in [6, 6.07) is 0. The average molecular weight is 708 g/mol. The Kier molecular flexibility index (Phi) is 38.3. The van der Waals surface area contributed by atoms with Crippen molar-refractivity contribution in [1.29, 1.82) is 0 Å². The van der Waals surface area contributed by atoms with E-state index in [-0.39, 0.29) is 18.0 Å². The molecule has 0 amide bonds. The molecular formula is C45H89NO4. The third-order valence-electron chi connectivity index (χ3n) is 10.3. The third-order valence-corrected chi connectivity index (χ3v) is 10.3. The molecule has 0 fully saturated rings. The number of unbranched alkanes of at least 4 members (excludes halogenated alkanes) is 22. The van der Waals surface area contributed by atoms with Crippen LogP contribution in [0.5, 0.6) is 0 Å². The van der Waals surface area contributed by atoms with Crippen molar-refractivity contribution in [1.82, 2.24) is 4.90 Å². The second kappa shape index (κ2) is 39.1. The number of ether oxygens (including phenoxy) is 2. The van der Waals surface area contributed by atoms with Gasteiger partial charge < -0.3 is 14.4 Å². The number of esters is 2. The van der Waals surface area contributed by atoms with Crippen LogP contribution in [0.4, 0.5) is 0 Å². The number of nitrogens with zero attached hydrogens (tertiary/aromatic N) is 1. The van der Waals surface area contributed by atoms with Crippen molar-refractivity contribution in [3.63, 3.8) is 0 Å².